The van der Waals surface area contributed by atoms with Gasteiger partial charge in [0.25, 0.3) is 0 Å². The average Bonchev–Trinajstić information content (AvgIpc) is 3.09. The van der Waals surface area contributed by atoms with E-state index in [1.807, 2.05) is 6.20 Å². The lowest BCUT2D eigenvalue weighted by Gasteiger charge is -2.05. The molecule has 2 heteroatoms. The normalized spacial score (nSPS) is 11.3. The first-order valence-corrected chi connectivity index (χ1v) is 11.4. The Kier molecular flexibility index (Phi) is 14.8. The van der Waals surface area contributed by atoms with Crippen LogP contribution in [0.25, 0.3) is 0 Å². The van der Waals surface area contributed by atoms with Gasteiger partial charge in [0.15, 0.2) is 0 Å². The number of unbranched alkanes of at least 4 members (excludes halogenated alkanes) is 15. The smallest absolute Gasteiger partial charge is 0.108 e. The van der Waals surface area contributed by atoms with Crippen LogP contribution in [-0.2, 0) is 13.0 Å². The molecule has 1 rings (SSSR count). The molecule has 146 valence electrons. The highest BCUT2D eigenvalue weighted by Gasteiger charge is 2.00. The van der Waals surface area contributed by atoms with E-state index in [9.17, 15) is 0 Å². The van der Waals surface area contributed by atoms with Crippen molar-refractivity contribution in [3.63, 3.8) is 0 Å². The van der Waals surface area contributed by atoms with Crippen molar-refractivity contribution in [2.24, 2.45) is 0 Å². The van der Waals surface area contributed by atoms with E-state index in [0.717, 1.165) is 13.0 Å². The Balaban J connectivity index is 1.75. The zero-order valence-corrected chi connectivity index (χ0v) is 17.3. The molecule has 25 heavy (non-hydrogen) atoms. The predicted octanol–water partition coefficient (Wildman–Crippen LogP) is 7.71. The summed E-state index contributed by atoms with van der Waals surface area (Å²) in [6.07, 6.45) is 28.1. The van der Waals surface area contributed by atoms with Crippen LogP contribution in [0, 0.1) is 0 Å². The summed E-state index contributed by atoms with van der Waals surface area (Å²) < 4.78 is 2.27. The van der Waals surface area contributed by atoms with Gasteiger partial charge in [-0.2, -0.15) is 0 Å². The zero-order valence-electron chi connectivity index (χ0n) is 17.3. The maximum atomic E-state index is 4.46. The standard InChI is InChI=1S/C23H44N2/c1-3-5-6-7-8-9-10-11-12-13-14-15-16-17-18-19-20-23-24-21-22-25(23)4-2/h21-22H,3-20H2,1-2H3. The Hall–Kier alpha value is -0.790. The summed E-state index contributed by atoms with van der Waals surface area (Å²) in [5.41, 5.74) is 0. The molecule has 0 aliphatic carbocycles. The van der Waals surface area contributed by atoms with Crippen LogP contribution in [0.2, 0.25) is 0 Å². The van der Waals surface area contributed by atoms with Crippen molar-refractivity contribution in [1.82, 2.24) is 9.55 Å². The average molecular weight is 349 g/mol. The van der Waals surface area contributed by atoms with E-state index < -0.39 is 0 Å². The van der Waals surface area contributed by atoms with Crippen molar-refractivity contribution in [1.29, 1.82) is 0 Å². The molecule has 1 aromatic heterocycles. The maximum absolute atomic E-state index is 4.46. The number of nitrogens with zero attached hydrogens (tertiary/aromatic N) is 2. The summed E-state index contributed by atoms with van der Waals surface area (Å²) in [5, 5.41) is 0. The minimum atomic E-state index is 1.05. The Morgan fingerprint density at radius 1 is 0.640 bits per heavy atom. The van der Waals surface area contributed by atoms with Crippen LogP contribution in [0.3, 0.4) is 0 Å². The highest BCUT2D eigenvalue weighted by atomic mass is 15.0. The quantitative estimate of drug-likeness (QED) is 0.248. The fraction of sp³-hybridized carbons (Fsp3) is 0.870. The largest absolute Gasteiger partial charge is 0.335 e. The van der Waals surface area contributed by atoms with Crippen molar-refractivity contribution >= 4 is 0 Å². The fourth-order valence-corrected chi connectivity index (χ4v) is 3.69. The van der Waals surface area contributed by atoms with Gasteiger partial charge in [-0.25, -0.2) is 4.98 Å². The summed E-state index contributed by atoms with van der Waals surface area (Å²) in [6.45, 7) is 5.54. The molecule has 0 radical (unpaired) electrons. The second-order valence-electron chi connectivity index (χ2n) is 7.68. The first-order chi connectivity index (χ1) is 12.4. The predicted molar refractivity (Wildman–Crippen MR) is 111 cm³/mol. The van der Waals surface area contributed by atoms with Gasteiger partial charge in [0, 0.05) is 25.4 Å². The van der Waals surface area contributed by atoms with Gasteiger partial charge in [-0.05, 0) is 13.3 Å². The highest BCUT2D eigenvalue weighted by Crippen LogP contribution is 2.14. The topological polar surface area (TPSA) is 17.8 Å². The SMILES string of the molecule is CCCCCCCCCCCCCCCCCCc1nccn1CC. The van der Waals surface area contributed by atoms with E-state index in [0.29, 0.717) is 0 Å². The Bertz CT molecular complexity index is 383. The van der Waals surface area contributed by atoms with Crippen LogP contribution in [-0.4, -0.2) is 9.55 Å². The number of imidazole rings is 1. The minimum absolute atomic E-state index is 1.05. The minimum Gasteiger partial charge on any atom is -0.335 e. The van der Waals surface area contributed by atoms with Crippen LogP contribution >= 0.6 is 0 Å². The van der Waals surface area contributed by atoms with E-state index >= 15 is 0 Å². The summed E-state index contributed by atoms with van der Waals surface area (Å²) in [6, 6.07) is 0. The third-order valence-electron chi connectivity index (χ3n) is 5.40. The molecule has 2 nitrogen and oxygen atoms in total. The van der Waals surface area contributed by atoms with E-state index in [4.69, 9.17) is 0 Å². The van der Waals surface area contributed by atoms with Gasteiger partial charge in [0.1, 0.15) is 5.82 Å². The number of aryl methyl sites for hydroxylation is 2. The third kappa shape index (κ3) is 12.2. The van der Waals surface area contributed by atoms with Gasteiger partial charge in [-0.15, -0.1) is 0 Å². The summed E-state index contributed by atoms with van der Waals surface area (Å²) in [5.74, 6) is 1.27. The molecule has 0 N–H and O–H groups in total. The lowest BCUT2D eigenvalue weighted by molar-refractivity contribution is 0.527. The lowest BCUT2D eigenvalue weighted by atomic mass is 10.0. The second-order valence-corrected chi connectivity index (χ2v) is 7.68. The Labute approximate surface area is 157 Å². The third-order valence-corrected chi connectivity index (χ3v) is 5.40. The van der Waals surface area contributed by atoms with Crippen molar-refractivity contribution in [2.45, 2.75) is 130 Å². The molecule has 0 saturated heterocycles. The molecule has 0 amide bonds. The van der Waals surface area contributed by atoms with E-state index in [-0.39, 0.29) is 0 Å². The van der Waals surface area contributed by atoms with E-state index in [2.05, 4.69) is 29.6 Å². The molecule has 0 spiro atoms. The number of hydrogen-bond donors (Lipinski definition) is 0. The number of aromatic nitrogens is 2. The Morgan fingerprint density at radius 2 is 1.08 bits per heavy atom. The van der Waals surface area contributed by atoms with Crippen molar-refractivity contribution in [3.05, 3.63) is 18.2 Å². The van der Waals surface area contributed by atoms with Gasteiger partial charge in [-0.3, -0.25) is 0 Å². The molecule has 1 aromatic rings. The van der Waals surface area contributed by atoms with Gasteiger partial charge >= 0.3 is 0 Å². The van der Waals surface area contributed by atoms with Crippen LogP contribution in [0.1, 0.15) is 122 Å². The van der Waals surface area contributed by atoms with Crippen molar-refractivity contribution in [3.8, 4) is 0 Å². The molecule has 0 unspecified atom stereocenters. The van der Waals surface area contributed by atoms with Crippen LogP contribution in [0.4, 0.5) is 0 Å². The molecule has 0 saturated carbocycles. The molecule has 0 bridgehead atoms. The number of hydrogen-bond acceptors (Lipinski definition) is 1. The van der Waals surface area contributed by atoms with Gasteiger partial charge < -0.3 is 4.57 Å². The summed E-state index contributed by atoms with van der Waals surface area (Å²) in [4.78, 5) is 4.46. The second kappa shape index (κ2) is 16.7. The molecule has 1 heterocycles. The molecule has 0 aliphatic rings. The molecule has 0 fully saturated rings. The molecule has 0 aliphatic heterocycles. The van der Waals surface area contributed by atoms with Crippen molar-refractivity contribution in [2.75, 3.05) is 0 Å². The highest BCUT2D eigenvalue weighted by molar-refractivity contribution is 4.91. The molecular formula is C23H44N2. The zero-order chi connectivity index (χ0) is 18.0. The van der Waals surface area contributed by atoms with Crippen LogP contribution in [0.5, 0.6) is 0 Å². The summed E-state index contributed by atoms with van der Waals surface area (Å²) >= 11 is 0. The monoisotopic (exact) mass is 348 g/mol. The fourth-order valence-electron chi connectivity index (χ4n) is 3.69. The molecule has 0 atom stereocenters. The molecular weight excluding hydrogens is 304 g/mol. The molecule has 0 aromatic carbocycles. The first-order valence-electron chi connectivity index (χ1n) is 11.4. The van der Waals surface area contributed by atoms with Gasteiger partial charge in [-0.1, -0.05) is 103 Å². The van der Waals surface area contributed by atoms with Gasteiger partial charge in [0.05, 0.1) is 0 Å². The first kappa shape index (κ1) is 22.3. The van der Waals surface area contributed by atoms with E-state index in [1.54, 1.807) is 0 Å². The maximum Gasteiger partial charge on any atom is 0.108 e. The lowest BCUT2D eigenvalue weighted by Crippen LogP contribution is -2.00. The number of rotatable bonds is 18. The van der Waals surface area contributed by atoms with Gasteiger partial charge in [0.2, 0.25) is 0 Å². The van der Waals surface area contributed by atoms with E-state index in [1.165, 1.54) is 109 Å². The van der Waals surface area contributed by atoms with Crippen LogP contribution < -0.4 is 0 Å². The Morgan fingerprint density at radius 3 is 1.52 bits per heavy atom. The van der Waals surface area contributed by atoms with Crippen molar-refractivity contribution < 1.29 is 0 Å². The summed E-state index contributed by atoms with van der Waals surface area (Å²) in [7, 11) is 0. The van der Waals surface area contributed by atoms with Crippen LogP contribution in [0.15, 0.2) is 12.4 Å².